The Bertz CT molecular complexity index is 413. The predicted molar refractivity (Wildman–Crippen MR) is 71.4 cm³/mol. The Kier molecular flexibility index (Phi) is 4.05. The molecule has 0 saturated carbocycles. The molecule has 1 aliphatic heterocycles. The first-order chi connectivity index (χ1) is 8.47. The Balaban J connectivity index is 2.91. The van der Waals surface area contributed by atoms with Gasteiger partial charge in [-0.25, -0.2) is 4.79 Å². The van der Waals surface area contributed by atoms with Crippen molar-refractivity contribution < 1.29 is 14.4 Å². The molecular weight excluding hydrogens is 246 g/mol. The first-order valence-corrected chi connectivity index (χ1v) is 6.29. The monoisotopic (exact) mass is 269 g/mol. The van der Waals surface area contributed by atoms with Crippen molar-refractivity contribution in [2.45, 2.75) is 27.7 Å². The second-order valence-electron chi connectivity index (χ2n) is 6.68. The van der Waals surface area contributed by atoms with Gasteiger partial charge in [0, 0.05) is 13.1 Å². The lowest BCUT2D eigenvalue weighted by atomic mass is 9.86. The summed E-state index contributed by atoms with van der Waals surface area (Å²) in [6.45, 7) is 8.05. The Morgan fingerprint density at radius 1 is 1.21 bits per heavy atom. The van der Waals surface area contributed by atoms with E-state index in [4.69, 9.17) is 0 Å². The summed E-state index contributed by atoms with van der Waals surface area (Å²) in [5.74, 6) is -0.975. The van der Waals surface area contributed by atoms with Crippen LogP contribution in [0.4, 0.5) is 4.79 Å². The summed E-state index contributed by atoms with van der Waals surface area (Å²) in [6, 6.07) is -0.624. The van der Waals surface area contributed by atoms with Gasteiger partial charge in [0.05, 0.1) is 0 Å². The number of nitrogens with zero attached hydrogens (tertiary/aromatic N) is 2. The average molecular weight is 269 g/mol. The second-order valence-corrected chi connectivity index (χ2v) is 6.68. The maximum absolute atomic E-state index is 12.3. The third-order valence-corrected chi connectivity index (χ3v) is 3.14. The number of hydrogen-bond acceptors (Lipinski definition) is 4. The molecule has 4 amide bonds. The third kappa shape index (κ3) is 3.32. The second kappa shape index (κ2) is 4.92. The first kappa shape index (κ1) is 15.6. The predicted octanol–water partition coefficient (Wildman–Crippen LogP) is 0.679. The van der Waals surface area contributed by atoms with Crippen LogP contribution in [-0.4, -0.2) is 54.8 Å². The Morgan fingerprint density at radius 3 is 2.21 bits per heavy atom. The topological polar surface area (TPSA) is 69.7 Å². The molecule has 1 N–H and O–H groups in total. The number of barbiturate groups is 1. The molecule has 1 saturated heterocycles. The molecule has 0 unspecified atom stereocenters. The molecule has 108 valence electrons. The van der Waals surface area contributed by atoms with Crippen LogP contribution in [0.3, 0.4) is 0 Å². The summed E-state index contributed by atoms with van der Waals surface area (Å²) >= 11 is 0. The lowest BCUT2D eigenvalue weighted by Gasteiger charge is -2.39. The number of nitrogens with one attached hydrogen (secondary N) is 1. The largest absolute Gasteiger partial charge is 0.330 e. The number of rotatable bonds is 4. The van der Waals surface area contributed by atoms with Crippen molar-refractivity contribution in [3.8, 4) is 0 Å². The maximum Gasteiger partial charge on any atom is 0.330 e. The highest BCUT2D eigenvalue weighted by molar-refractivity contribution is 6.18. The molecule has 1 aliphatic rings. The van der Waals surface area contributed by atoms with Gasteiger partial charge < -0.3 is 4.90 Å². The summed E-state index contributed by atoms with van der Waals surface area (Å²) in [7, 11) is 3.88. The molecule has 1 rings (SSSR count). The van der Waals surface area contributed by atoms with Crippen molar-refractivity contribution >= 4 is 17.8 Å². The first-order valence-electron chi connectivity index (χ1n) is 6.29. The van der Waals surface area contributed by atoms with Crippen LogP contribution in [0.5, 0.6) is 0 Å². The zero-order valence-corrected chi connectivity index (χ0v) is 12.5. The van der Waals surface area contributed by atoms with Crippen LogP contribution < -0.4 is 5.32 Å². The van der Waals surface area contributed by atoms with Crippen LogP contribution in [0.15, 0.2) is 0 Å². The lowest BCUT2D eigenvalue weighted by Crippen LogP contribution is -2.63. The normalized spacial score (nSPS) is 19.9. The maximum atomic E-state index is 12.3. The van der Waals surface area contributed by atoms with Crippen LogP contribution in [-0.2, 0) is 9.59 Å². The molecule has 1 heterocycles. The smallest absolute Gasteiger partial charge is 0.309 e. The highest BCUT2D eigenvalue weighted by Gasteiger charge is 2.48. The van der Waals surface area contributed by atoms with Crippen LogP contribution in [0.1, 0.15) is 27.7 Å². The fourth-order valence-corrected chi connectivity index (χ4v) is 2.33. The third-order valence-electron chi connectivity index (χ3n) is 3.14. The molecule has 0 spiro atoms. The van der Waals surface area contributed by atoms with E-state index < -0.39 is 23.3 Å². The molecule has 0 aromatic heterocycles. The van der Waals surface area contributed by atoms with Crippen LogP contribution >= 0.6 is 0 Å². The standard InChI is InChI=1S/C13H23N3O3/c1-12(2,7-15(5)6)8-16-10(18)13(3,4)9(17)14-11(16)19/h7-8H2,1-6H3,(H,14,17,19). The molecule has 0 radical (unpaired) electrons. The van der Waals surface area contributed by atoms with E-state index >= 15 is 0 Å². The van der Waals surface area contributed by atoms with E-state index in [0.717, 1.165) is 11.4 Å². The van der Waals surface area contributed by atoms with Gasteiger partial charge in [0.25, 0.3) is 0 Å². The van der Waals surface area contributed by atoms with E-state index in [1.54, 1.807) is 0 Å². The van der Waals surface area contributed by atoms with Crippen molar-refractivity contribution in [3.63, 3.8) is 0 Å². The SMILES string of the molecule is CN(C)CC(C)(C)CN1C(=O)NC(=O)C(C)(C)C1=O. The van der Waals surface area contributed by atoms with E-state index in [9.17, 15) is 14.4 Å². The van der Waals surface area contributed by atoms with Crippen molar-refractivity contribution in [2.75, 3.05) is 27.2 Å². The number of imide groups is 2. The minimum absolute atomic E-state index is 0.243. The zero-order valence-electron chi connectivity index (χ0n) is 12.5. The zero-order chi connectivity index (χ0) is 15.0. The van der Waals surface area contributed by atoms with E-state index in [1.165, 1.54) is 13.8 Å². The van der Waals surface area contributed by atoms with Gasteiger partial charge in [-0.3, -0.25) is 19.8 Å². The molecule has 6 nitrogen and oxygen atoms in total. The highest BCUT2D eigenvalue weighted by atomic mass is 16.2. The average Bonchev–Trinajstić information content (AvgIpc) is 2.20. The van der Waals surface area contributed by atoms with Gasteiger partial charge in [0.15, 0.2) is 0 Å². The van der Waals surface area contributed by atoms with Crippen LogP contribution in [0, 0.1) is 10.8 Å². The van der Waals surface area contributed by atoms with Gasteiger partial charge in [-0.15, -0.1) is 0 Å². The number of carbonyl (C=O) groups excluding carboxylic acids is 3. The molecule has 0 aliphatic carbocycles. The Hall–Kier alpha value is -1.43. The Labute approximate surface area is 114 Å². The summed E-state index contributed by atoms with van der Waals surface area (Å²) < 4.78 is 0. The summed E-state index contributed by atoms with van der Waals surface area (Å²) in [5.41, 5.74) is -1.44. The van der Waals surface area contributed by atoms with Crippen molar-refractivity contribution in [1.82, 2.24) is 15.1 Å². The van der Waals surface area contributed by atoms with Crippen molar-refractivity contribution in [1.29, 1.82) is 0 Å². The molecule has 0 bridgehead atoms. The molecular formula is C13H23N3O3. The van der Waals surface area contributed by atoms with Crippen molar-refractivity contribution in [2.24, 2.45) is 10.8 Å². The Morgan fingerprint density at radius 2 is 1.74 bits per heavy atom. The molecule has 0 aromatic rings. The van der Waals surface area contributed by atoms with Gasteiger partial charge >= 0.3 is 6.03 Å². The van der Waals surface area contributed by atoms with E-state index in [0.29, 0.717) is 0 Å². The van der Waals surface area contributed by atoms with Gasteiger partial charge in [0.2, 0.25) is 11.8 Å². The van der Waals surface area contributed by atoms with Gasteiger partial charge in [-0.1, -0.05) is 13.8 Å². The molecule has 0 aromatic carbocycles. The summed E-state index contributed by atoms with van der Waals surface area (Å²) in [5, 5.41) is 2.24. The minimum Gasteiger partial charge on any atom is -0.309 e. The van der Waals surface area contributed by atoms with Crippen LogP contribution in [0.2, 0.25) is 0 Å². The van der Waals surface area contributed by atoms with E-state index in [2.05, 4.69) is 5.32 Å². The number of hydrogen-bond donors (Lipinski definition) is 1. The summed E-state index contributed by atoms with van der Waals surface area (Å²) in [4.78, 5) is 38.9. The molecule has 6 heteroatoms. The summed E-state index contributed by atoms with van der Waals surface area (Å²) in [6.07, 6.45) is 0. The number of urea groups is 1. The number of amides is 4. The van der Waals surface area contributed by atoms with Gasteiger partial charge in [0.1, 0.15) is 5.41 Å². The minimum atomic E-state index is -1.19. The fraction of sp³-hybridized carbons (Fsp3) is 0.769. The van der Waals surface area contributed by atoms with Crippen molar-refractivity contribution in [3.05, 3.63) is 0 Å². The molecule has 0 atom stereocenters. The van der Waals surface area contributed by atoms with Gasteiger partial charge in [-0.05, 0) is 33.4 Å². The van der Waals surface area contributed by atoms with E-state index in [1.807, 2.05) is 32.8 Å². The number of carbonyl (C=O) groups is 3. The lowest BCUT2D eigenvalue weighted by molar-refractivity contribution is -0.150. The fourth-order valence-electron chi connectivity index (χ4n) is 2.33. The molecule has 19 heavy (non-hydrogen) atoms. The van der Waals surface area contributed by atoms with Crippen LogP contribution in [0.25, 0.3) is 0 Å². The van der Waals surface area contributed by atoms with E-state index in [-0.39, 0.29) is 12.0 Å². The quantitative estimate of drug-likeness (QED) is 0.762. The molecule has 1 fully saturated rings. The highest BCUT2D eigenvalue weighted by Crippen LogP contribution is 2.27. The van der Waals surface area contributed by atoms with Gasteiger partial charge in [-0.2, -0.15) is 0 Å².